The summed E-state index contributed by atoms with van der Waals surface area (Å²) in [5.41, 5.74) is 1.01. The van der Waals surface area contributed by atoms with Crippen LogP contribution in [0.15, 0.2) is 24.3 Å². The molecule has 0 aliphatic carbocycles. The molecule has 6 heteroatoms. The Balaban J connectivity index is 1.92. The molecule has 0 saturated carbocycles. The number of piperazine rings is 1. The summed E-state index contributed by atoms with van der Waals surface area (Å²) in [6.45, 7) is 1.04. The molecular formula is C13H16ClN3O2. The number of rotatable bonds is 3. The van der Waals surface area contributed by atoms with Gasteiger partial charge in [0.25, 0.3) is 0 Å². The second-order valence-corrected chi connectivity index (χ2v) is 4.99. The lowest BCUT2D eigenvalue weighted by Crippen LogP contribution is -2.58. The van der Waals surface area contributed by atoms with Crippen molar-refractivity contribution in [2.24, 2.45) is 0 Å². The Hall–Kier alpha value is -1.59. The summed E-state index contributed by atoms with van der Waals surface area (Å²) in [5, 5.41) is 6.27. The van der Waals surface area contributed by atoms with Crippen molar-refractivity contribution in [2.45, 2.75) is 12.6 Å². The Labute approximate surface area is 116 Å². The normalized spacial score (nSPS) is 18.8. The topological polar surface area (TPSA) is 61.4 Å². The molecule has 2 N–H and O–H groups in total. The van der Waals surface area contributed by atoms with E-state index in [4.69, 9.17) is 11.6 Å². The molecule has 19 heavy (non-hydrogen) atoms. The first-order valence-electron chi connectivity index (χ1n) is 6.06. The van der Waals surface area contributed by atoms with Gasteiger partial charge in [0.15, 0.2) is 0 Å². The first-order valence-corrected chi connectivity index (χ1v) is 6.43. The second kappa shape index (κ2) is 6.04. The van der Waals surface area contributed by atoms with E-state index in [1.807, 2.05) is 12.1 Å². The zero-order valence-electron chi connectivity index (χ0n) is 10.6. The fraction of sp³-hybridized carbons (Fsp3) is 0.385. The monoisotopic (exact) mass is 281 g/mol. The van der Waals surface area contributed by atoms with E-state index in [2.05, 4.69) is 10.6 Å². The number of nitrogens with one attached hydrogen (secondary N) is 2. The number of hydrogen-bond donors (Lipinski definition) is 2. The maximum Gasteiger partial charge on any atom is 0.241 e. The molecule has 1 unspecified atom stereocenters. The van der Waals surface area contributed by atoms with E-state index in [1.165, 1.54) is 0 Å². The van der Waals surface area contributed by atoms with Gasteiger partial charge < -0.3 is 10.2 Å². The molecule has 1 saturated heterocycles. The molecule has 1 aromatic carbocycles. The molecule has 0 spiro atoms. The van der Waals surface area contributed by atoms with Crippen LogP contribution in [0.2, 0.25) is 5.02 Å². The Kier molecular flexibility index (Phi) is 4.39. The van der Waals surface area contributed by atoms with Crippen molar-refractivity contribution in [1.82, 2.24) is 15.5 Å². The first-order chi connectivity index (χ1) is 9.06. The predicted octanol–water partition coefficient (Wildman–Crippen LogP) is 0.386. The van der Waals surface area contributed by atoms with E-state index >= 15 is 0 Å². The molecule has 2 rings (SSSR count). The van der Waals surface area contributed by atoms with Crippen LogP contribution in [0.1, 0.15) is 5.56 Å². The van der Waals surface area contributed by atoms with Gasteiger partial charge in [0.1, 0.15) is 6.04 Å². The van der Waals surface area contributed by atoms with Crippen molar-refractivity contribution in [1.29, 1.82) is 0 Å². The van der Waals surface area contributed by atoms with Gasteiger partial charge in [-0.15, -0.1) is 0 Å². The highest BCUT2D eigenvalue weighted by atomic mass is 35.5. The van der Waals surface area contributed by atoms with Crippen molar-refractivity contribution in [3.63, 3.8) is 0 Å². The molecule has 1 fully saturated rings. The van der Waals surface area contributed by atoms with Crippen LogP contribution in [0.5, 0.6) is 0 Å². The highest BCUT2D eigenvalue weighted by Crippen LogP contribution is 2.11. The van der Waals surface area contributed by atoms with Crippen LogP contribution >= 0.6 is 11.6 Å². The lowest BCUT2D eigenvalue weighted by molar-refractivity contribution is -0.134. The van der Waals surface area contributed by atoms with Crippen molar-refractivity contribution in [3.05, 3.63) is 34.9 Å². The first kappa shape index (κ1) is 13.8. The number of carbonyl (C=O) groups excluding carboxylic acids is 2. The summed E-state index contributed by atoms with van der Waals surface area (Å²) in [4.78, 5) is 24.8. The minimum atomic E-state index is -0.352. The van der Waals surface area contributed by atoms with E-state index in [0.29, 0.717) is 18.1 Å². The summed E-state index contributed by atoms with van der Waals surface area (Å²) in [6, 6.07) is 7.03. The molecule has 1 atom stereocenters. The Morgan fingerprint density at radius 1 is 1.42 bits per heavy atom. The number of halogens is 1. The van der Waals surface area contributed by atoms with Gasteiger partial charge in [0, 0.05) is 25.2 Å². The molecule has 0 bridgehead atoms. The van der Waals surface area contributed by atoms with Gasteiger partial charge in [-0.1, -0.05) is 23.7 Å². The number of carbonyl (C=O) groups is 2. The fourth-order valence-corrected chi connectivity index (χ4v) is 2.07. The van der Waals surface area contributed by atoms with E-state index in [9.17, 15) is 9.59 Å². The third-order valence-corrected chi connectivity index (χ3v) is 3.27. The minimum Gasteiger partial charge on any atom is -0.353 e. The van der Waals surface area contributed by atoms with Crippen LogP contribution < -0.4 is 10.6 Å². The van der Waals surface area contributed by atoms with Crippen molar-refractivity contribution < 1.29 is 9.59 Å². The highest BCUT2D eigenvalue weighted by Gasteiger charge is 2.26. The van der Waals surface area contributed by atoms with Gasteiger partial charge >= 0.3 is 0 Å². The summed E-state index contributed by atoms with van der Waals surface area (Å²) in [5.74, 6) is -0.112. The molecule has 0 aromatic heterocycles. The van der Waals surface area contributed by atoms with Crippen LogP contribution in [0.4, 0.5) is 0 Å². The number of amides is 2. The fourth-order valence-electron chi connectivity index (χ4n) is 1.95. The van der Waals surface area contributed by atoms with Gasteiger partial charge in [-0.3, -0.25) is 14.9 Å². The van der Waals surface area contributed by atoms with Gasteiger partial charge in [-0.05, 0) is 17.7 Å². The zero-order valence-corrected chi connectivity index (χ0v) is 11.4. The molecule has 5 nitrogen and oxygen atoms in total. The average Bonchev–Trinajstić information content (AvgIpc) is 2.41. The van der Waals surface area contributed by atoms with Crippen molar-refractivity contribution in [3.8, 4) is 0 Å². The molecule has 2 amide bonds. The van der Waals surface area contributed by atoms with Crippen molar-refractivity contribution in [2.75, 3.05) is 20.1 Å². The molecule has 0 radical (unpaired) electrons. The molecule has 1 aromatic rings. The van der Waals surface area contributed by atoms with Gasteiger partial charge in [0.2, 0.25) is 11.8 Å². The summed E-state index contributed by atoms with van der Waals surface area (Å²) < 4.78 is 0. The van der Waals surface area contributed by atoms with Crippen LogP contribution in [-0.2, 0) is 16.1 Å². The lowest BCUT2D eigenvalue weighted by Gasteiger charge is -2.27. The van der Waals surface area contributed by atoms with E-state index in [1.54, 1.807) is 24.1 Å². The summed E-state index contributed by atoms with van der Waals surface area (Å²) >= 11 is 5.82. The van der Waals surface area contributed by atoms with Gasteiger partial charge in [0.05, 0.1) is 6.54 Å². The Morgan fingerprint density at radius 2 is 2.11 bits per heavy atom. The standard InChI is InChI=1S/C13H16ClN3O2/c1-17(8-9-2-4-10(14)5-3-9)13(19)11-6-16-12(18)7-15-11/h2-5,11,15H,6-8H2,1H3,(H,16,18). The van der Waals surface area contributed by atoms with Crippen molar-refractivity contribution >= 4 is 23.4 Å². The number of nitrogens with zero attached hydrogens (tertiary/aromatic N) is 1. The van der Waals surface area contributed by atoms with Crippen LogP contribution in [0.3, 0.4) is 0 Å². The quantitative estimate of drug-likeness (QED) is 0.842. The maximum atomic E-state index is 12.2. The third-order valence-electron chi connectivity index (χ3n) is 3.02. The number of hydrogen-bond acceptors (Lipinski definition) is 3. The largest absolute Gasteiger partial charge is 0.353 e. The molecular weight excluding hydrogens is 266 g/mol. The smallest absolute Gasteiger partial charge is 0.241 e. The summed E-state index contributed by atoms with van der Waals surface area (Å²) in [6.07, 6.45) is 0. The van der Waals surface area contributed by atoms with Gasteiger partial charge in [-0.2, -0.15) is 0 Å². The molecule has 1 aliphatic rings. The Morgan fingerprint density at radius 3 is 2.68 bits per heavy atom. The molecule has 1 heterocycles. The summed E-state index contributed by atoms with van der Waals surface area (Å²) in [7, 11) is 1.75. The van der Waals surface area contributed by atoms with Crippen LogP contribution in [-0.4, -0.2) is 42.9 Å². The lowest BCUT2D eigenvalue weighted by atomic mass is 10.1. The molecule has 102 valence electrons. The predicted molar refractivity (Wildman–Crippen MR) is 72.7 cm³/mol. The maximum absolute atomic E-state index is 12.2. The minimum absolute atomic E-state index is 0.0325. The SMILES string of the molecule is CN(Cc1ccc(Cl)cc1)C(=O)C1CNC(=O)CN1. The molecule has 1 aliphatic heterocycles. The number of likely N-dealkylation sites (N-methyl/N-ethyl adjacent to an activating group) is 1. The second-order valence-electron chi connectivity index (χ2n) is 4.56. The highest BCUT2D eigenvalue weighted by molar-refractivity contribution is 6.30. The van der Waals surface area contributed by atoms with Crippen LogP contribution in [0.25, 0.3) is 0 Å². The van der Waals surface area contributed by atoms with E-state index in [0.717, 1.165) is 5.56 Å². The zero-order chi connectivity index (χ0) is 13.8. The van der Waals surface area contributed by atoms with Gasteiger partial charge in [-0.25, -0.2) is 0 Å². The third kappa shape index (κ3) is 3.68. The van der Waals surface area contributed by atoms with Crippen LogP contribution in [0, 0.1) is 0 Å². The van der Waals surface area contributed by atoms with E-state index in [-0.39, 0.29) is 24.4 Å². The Bertz CT molecular complexity index is 465. The number of benzene rings is 1. The average molecular weight is 282 g/mol. The van der Waals surface area contributed by atoms with E-state index < -0.39 is 0 Å².